The first-order chi connectivity index (χ1) is 6.55. The summed E-state index contributed by atoms with van der Waals surface area (Å²) in [5, 5.41) is 9.18. The third kappa shape index (κ3) is 3.03. The van der Waals surface area contributed by atoms with E-state index in [2.05, 4.69) is 15.5 Å². The highest BCUT2D eigenvalue weighted by atomic mass is 35.5. The zero-order valence-electron chi connectivity index (χ0n) is 8.30. The number of aromatic nitrogens is 2. The van der Waals surface area contributed by atoms with Gasteiger partial charge in [0, 0.05) is 17.6 Å². The molecule has 14 heavy (non-hydrogen) atoms. The van der Waals surface area contributed by atoms with Gasteiger partial charge in [-0.3, -0.25) is 9.89 Å². The van der Waals surface area contributed by atoms with Gasteiger partial charge in [-0.15, -0.1) is 11.6 Å². The SMILES string of the molecule is CC(C)(CCCl)NC(=O)c1cn[nH]c1. The van der Waals surface area contributed by atoms with Crippen molar-refractivity contribution in [1.29, 1.82) is 0 Å². The van der Waals surface area contributed by atoms with Gasteiger partial charge in [0.25, 0.3) is 5.91 Å². The molecule has 0 aliphatic rings. The second-order valence-corrected chi connectivity index (χ2v) is 4.14. The van der Waals surface area contributed by atoms with Gasteiger partial charge in [0.15, 0.2) is 0 Å². The van der Waals surface area contributed by atoms with E-state index >= 15 is 0 Å². The largest absolute Gasteiger partial charge is 0.347 e. The maximum Gasteiger partial charge on any atom is 0.254 e. The van der Waals surface area contributed by atoms with Crippen molar-refractivity contribution in [2.75, 3.05) is 5.88 Å². The van der Waals surface area contributed by atoms with E-state index in [1.54, 1.807) is 6.20 Å². The number of nitrogens with zero attached hydrogens (tertiary/aromatic N) is 1. The van der Waals surface area contributed by atoms with Gasteiger partial charge in [-0.05, 0) is 20.3 Å². The lowest BCUT2D eigenvalue weighted by Gasteiger charge is -2.24. The topological polar surface area (TPSA) is 57.8 Å². The van der Waals surface area contributed by atoms with E-state index in [4.69, 9.17) is 11.6 Å². The van der Waals surface area contributed by atoms with Crippen molar-refractivity contribution < 1.29 is 4.79 Å². The molecule has 0 aliphatic heterocycles. The van der Waals surface area contributed by atoms with Gasteiger partial charge >= 0.3 is 0 Å². The highest BCUT2D eigenvalue weighted by Gasteiger charge is 2.20. The normalized spacial score (nSPS) is 11.4. The van der Waals surface area contributed by atoms with Gasteiger partial charge in [0.05, 0.1) is 11.8 Å². The van der Waals surface area contributed by atoms with Crippen molar-refractivity contribution in [3.8, 4) is 0 Å². The molecule has 0 saturated heterocycles. The maximum absolute atomic E-state index is 11.6. The molecule has 0 unspecified atom stereocenters. The number of hydrogen-bond donors (Lipinski definition) is 2. The van der Waals surface area contributed by atoms with Crippen LogP contribution < -0.4 is 5.32 Å². The Labute approximate surface area is 88.0 Å². The summed E-state index contributed by atoms with van der Waals surface area (Å²) in [6.45, 7) is 3.88. The van der Waals surface area contributed by atoms with E-state index in [0.29, 0.717) is 11.4 Å². The summed E-state index contributed by atoms with van der Waals surface area (Å²) in [7, 11) is 0. The summed E-state index contributed by atoms with van der Waals surface area (Å²) >= 11 is 5.62. The number of rotatable bonds is 4. The molecule has 2 N–H and O–H groups in total. The number of amides is 1. The molecule has 78 valence electrons. The fourth-order valence-corrected chi connectivity index (χ4v) is 1.53. The Hall–Kier alpha value is -1.03. The number of carbonyl (C=O) groups is 1. The van der Waals surface area contributed by atoms with E-state index in [0.717, 1.165) is 6.42 Å². The predicted octanol–water partition coefficient (Wildman–Crippen LogP) is 1.55. The molecule has 0 saturated carbocycles. The molecular weight excluding hydrogens is 202 g/mol. The Kier molecular flexibility index (Phi) is 3.52. The summed E-state index contributed by atoms with van der Waals surface area (Å²) < 4.78 is 0. The van der Waals surface area contributed by atoms with E-state index in [1.807, 2.05) is 13.8 Å². The van der Waals surface area contributed by atoms with Crippen molar-refractivity contribution in [2.24, 2.45) is 0 Å². The maximum atomic E-state index is 11.6. The van der Waals surface area contributed by atoms with Crippen LogP contribution in [0.1, 0.15) is 30.6 Å². The second-order valence-electron chi connectivity index (χ2n) is 3.76. The summed E-state index contributed by atoms with van der Waals surface area (Å²) in [5.74, 6) is 0.396. The number of nitrogens with one attached hydrogen (secondary N) is 2. The number of hydrogen-bond acceptors (Lipinski definition) is 2. The molecule has 1 rings (SSSR count). The van der Waals surface area contributed by atoms with Crippen molar-refractivity contribution in [3.05, 3.63) is 18.0 Å². The van der Waals surface area contributed by atoms with Crippen LogP contribution in [0.5, 0.6) is 0 Å². The number of alkyl halides is 1. The van der Waals surface area contributed by atoms with Gasteiger partial charge in [-0.1, -0.05) is 0 Å². The van der Waals surface area contributed by atoms with E-state index in [1.165, 1.54) is 6.20 Å². The molecule has 1 heterocycles. The third-order valence-corrected chi connectivity index (χ3v) is 2.12. The number of carbonyl (C=O) groups excluding carboxylic acids is 1. The molecular formula is C9H14ClN3O. The van der Waals surface area contributed by atoms with Crippen LogP contribution in [0.3, 0.4) is 0 Å². The molecule has 0 aliphatic carbocycles. The summed E-state index contributed by atoms with van der Waals surface area (Å²) in [5.41, 5.74) is 0.253. The number of aromatic amines is 1. The molecule has 0 bridgehead atoms. The van der Waals surface area contributed by atoms with Crippen LogP contribution >= 0.6 is 11.6 Å². The van der Waals surface area contributed by atoms with Crippen molar-refractivity contribution in [1.82, 2.24) is 15.5 Å². The first kappa shape index (κ1) is 11.0. The fourth-order valence-electron chi connectivity index (χ4n) is 1.05. The molecule has 0 spiro atoms. The van der Waals surface area contributed by atoms with Crippen molar-refractivity contribution in [2.45, 2.75) is 25.8 Å². The minimum absolute atomic E-state index is 0.131. The number of halogens is 1. The van der Waals surface area contributed by atoms with Gasteiger partial charge in [0.2, 0.25) is 0 Å². The average molecular weight is 216 g/mol. The van der Waals surface area contributed by atoms with E-state index < -0.39 is 0 Å². The zero-order valence-corrected chi connectivity index (χ0v) is 9.06. The predicted molar refractivity (Wildman–Crippen MR) is 55.5 cm³/mol. The molecule has 1 aromatic heterocycles. The fraction of sp³-hybridized carbons (Fsp3) is 0.556. The van der Waals surface area contributed by atoms with Gasteiger partial charge < -0.3 is 5.32 Å². The minimum Gasteiger partial charge on any atom is -0.347 e. The summed E-state index contributed by atoms with van der Waals surface area (Å²) in [6, 6.07) is 0. The molecule has 0 fully saturated rings. The van der Waals surface area contributed by atoms with Crippen molar-refractivity contribution in [3.63, 3.8) is 0 Å². The van der Waals surface area contributed by atoms with Crippen LogP contribution in [0.2, 0.25) is 0 Å². The lowest BCUT2D eigenvalue weighted by atomic mass is 10.0. The minimum atomic E-state index is -0.282. The molecule has 1 aromatic rings. The molecule has 5 heteroatoms. The Bertz CT molecular complexity index is 295. The van der Waals surface area contributed by atoms with Crippen LogP contribution in [0.25, 0.3) is 0 Å². The quantitative estimate of drug-likeness (QED) is 0.749. The molecule has 0 radical (unpaired) electrons. The first-order valence-electron chi connectivity index (χ1n) is 4.42. The van der Waals surface area contributed by atoms with Crippen molar-refractivity contribution >= 4 is 17.5 Å². The van der Waals surface area contributed by atoms with E-state index in [-0.39, 0.29) is 11.4 Å². The molecule has 4 nitrogen and oxygen atoms in total. The van der Waals surface area contributed by atoms with Crippen LogP contribution in [-0.4, -0.2) is 27.5 Å². The Morgan fingerprint density at radius 3 is 2.93 bits per heavy atom. The monoisotopic (exact) mass is 215 g/mol. The Morgan fingerprint density at radius 2 is 2.43 bits per heavy atom. The van der Waals surface area contributed by atoms with Crippen LogP contribution in [0.4, 0.5) is 0 Å². The summed E-state index contributed by atoms with van der Waals surface area (Å²) in [4.78, 5) is 11.6. The van der Waals surface area contributed by atoms with Crippen LogP contribution in [-0.2, 0) is 0 Å². The van der Waals surface area contributed by atoms with E-state index in [9.17, 15) is 4.79 Å². The Morgan fingerprint density at radius 1 is 1.71 bits per heavy atom. The molecule has 0 atom stereocenters. The second kappa shape index (κ2) is 4.46. The Balaban J connectivity index is 2.57. The smallest absolute Gasteiger partial charge is 0.254 e. The van der Waals surface area contributed by atoms with Crippen LogP contribution in [0.15, 0.2) is 12.4 Å². The molecule has 0 aromatic carbocycles. The summed E-state index contributed by atoms with van der Waals surface area (Å²) in [6.07, 6.45) is 3.79. The molecule has 1 amide bonds. The number of H-pyrrole nitrogens is 1. The average Bonchev–Trinajstić information content (AvgIpc) is 2.53. The van der Waals surface area contributed by atoms with Gasteiger partial charge in [-0.2, -0.15) is 5.10 Å². The highest BCUT2D eigenvalue weighted by molar-refractivity contribution is 6.17. The van der Waals surface area contributed by atoms with Crippen LogP contribution in [0, 0.1) is 0 Å². The van der Waals surface area contributed by atoms with Gasteiger partial charge in [0.1, 0.15) is 0 Å². The highest BCUT2D eigenvalue weighted by Crippen LogP contribution is 2.10. The lowest BCUT2D eigenvalue weighted by Crippen LogP contribution is -2.43. The standard InChI is InChI=1S/C9H14ClN3O/c1-9(2,3-4-10)13-8(14)7-5-11-12-6-7/h5-6H,3-4H2,1-2H3,(H,11,12)(H,13,14). The zero-order chi connectivity index (χ0) is 10.6. The van der Waals surface area contributed by atoms with Gasteiger partial charge in [-0.25, -0.2) is 0 Å². The first-order valence-corrected chi connectivity index (χ1v) is 4.96. The third-order valence-electron chi connectivity index (χ3n) is 1.93. The lowest BCUT2D eigenvalue weighted by molar-refractivity contribution is 0.0912.